The molecule has 39 heavy (non-hydrogen) atoms. The van der Waals surface area contributed by atoms with Crippen molar-refractivity contribution in [3.63, 3.8) is 0 Å². The molecule has 0 spiro atoms. The lowest BCUT2D eigenvalue weighted by Crippen LogP contribution is -2.33. The second-order valence-electron chi connectivity index (χ2n) is 11.1. The van der Waals surface area contributed by atoms with Crippen molar-refractivity contribution in [2.45, 2.75) is 77.6 Å². The summed E-state index contributed by atoms with van der Waals surface area (Å²) >= 11 is 1.45. The number of benzene rings is 1. The lowest BCUT2D eigenvalue weighted by Gasteiger charge is -2.23. The van der Waals surface area contributed by atoms with Crippen LogP contribution < -0.4 is 5.32 Å². The van der Waals surface area contributed by atoms with Gasteiger partial charge in [0.2, 0.25) is 0 Å². The molecule has 8 heteroatoms. The van der Waals surface area contributed by atoms with Crippen molar-refractivity contribution in [2.75, 3.05) is 6.54 Å². The van der Waals surface area contributed by atoms with Gasteiger partial charge >= 0.3 is 12.1 Å². The maximum absolute atomic E-state index is 12.4. The number of carbonyl (C=O) groups excluding carboxylic acids is 1. The summed E-state index contributed by atoms with van der Waals surface area (Å²) in [6.45, 7) is 14.3. The monoisotopic (exact) mass is 549 g/mol. The maximum Gasteiger partial charge on any atom is 0.407 e. The van der Waals surface area contributed by atoms with Gasteiger partial charge in [0.1, 0.15) is 5.60 Å². The number of amides is 1. The molecule has 1 aromatic carbocycles. The van der Waals surface area contributed by atoms with Crippen molar-refractivity contribution in [2.24, 2.45) is 5.92 Å². The molecule has 2 N–H and O–H groups in total. The molecule has 1 amide bonds. The van der Waals surface area contributed by atoms with Crippen molar-refractivity contribution >= 4 is 23.8 Å². The quantitative estimate of drug-likeness (QED) is 0.262. The topological polar surface area (TPSA) is 101 Å². The summed E-state index contributed by atoms with van der Waals surface area (Å²) in [5, 5.41) is 12.5. The van der Waals surface area contributed by atoms with Crippen LogP contribution >= 0.6 is 11.8 Å². The van der Waals surface area contributed by atoms with E-state index in [1.165, 1.54) is 18.0 Å². The van der Waals surface area contributed by atoms with Crippen LogP contribution in [0.1, 0.15) is 73.2 Å². The van der Waals surface area contributed by atoms with Gasteiger partial charge in [0, 0.05) is 34.8 Å². The fraction of sp³-hybridized carbons (Fsp3) is 0.419. The Morgan fingerprint density at radius 3 is 2.38 bits per heavy atom. The molecule has 3 rings (SSSR count). The number of hydrogen-bond acceptors (Lipinski definition) is 6. The summed E-state index contributed by atoms with van der Waals surface area (Å²) in [7, 11) is 0. The van der Waals surface area contributed by atoms with Crippen molar-refractivity contribution in [1.82, 2.24) is 15.3 Å². The molecule has 2 heterocycles. The molecule has 0 fully saturated rings. The molecule has 0 aliphatic heterocycles. The predicted molar refractivity (Wildman–Crippen MR) is 156 cm³/mol. The smallest absolute Gasteiger partial charge is 0.407 e. The minimum atomic E-state index is -1.05. The number of thioether (sulfide) groups is 1. The number of nitrogens with one attached hydrogen (secondary N) is 1. The Morgan fingerprint density at radius 2 is 1.77 bits per heavy atom. The Kier molecular flexibility index (Phi) is 10.1. The summed E-state index contributed by atoms with van der Waals surface area (Å²) in [5.74, 6) is -0.121. The lowest BCUT2D eigenvalue weighted by molar-refractivity contribution is 0.0527. The number of rotatable bonds is 10. The number of carboxylic acids is 1. The van der Waals surface area contributed by atoms with E-state index >= 15 is 0 Å². The average Bonchev–Trinajstić information content (AvgIpc) is 2.83. The molecule has 0 aliphatic carbocycles. The van der Waals surface area contributed by atoms with E-state index in [-0.39, 0.29) is 5.69 Å². The highest BCUT2D eigenvalue weighted by Gasteiger charge is 2.22. The first kappa shape index (κ1) is 30.2. The van der Waals surface area contributed by atoms with Crippen molar-refractivity contribution in [1.29, 1.82) is 0 Å². The van der Waals surface area contributed by atoms with Gasteiger partial charge in [-0.2, -0.15) is 0 Å². The Labute approximate surface area is 235 Å². The number of nitrogens with zero attached hydrogens (tertiary/aromatic N) is 2. The van der Waals surface area contributed by atoms with Gasteiger partial charge in [0.25, 0.3) is 0 Å². The second kappa shape index (κ2) is 13.1. The number of aryl methyl sites for hydroxylation is 2. The van der Waals surface area contributed by atoms with Gasteiger partial charge in [0.05, 0.1) is 0 Å². The average molecular weight is 550 g/mol. The molecule has 0 atom stereocenters. The first-order chi connectivity index (χ1) is 18.4. The first-order valence-corrected chi connectivity index (χ1v) is 14.2. The zero-order chi connectivity index (χ0) is 28.7. The van der Waals surface area contributed by atoms with Crippen LogP contribution in [0.5, 0.6) is 0 Å². The summed E-state index contributed by atoms with van der Waals surface area (Å²) in [4.78, 5) is 33.8. The van der Waals surface area contributed by atoms with E-state index in [1.54, 1.807) is 12.1 Å². The van der Waals surface area contributed by atoms with E-state index in [4.69, 9.17) is 9.72 Å². The molecule has 3 aromatic rings. The zero-order valence-electron chi connectivity index (χ0n) is 23.9. The maximum atomic E-state index is 12.4. The molecule has 0 saturated carbocycles. The van der Waals surface area contributed by atoms with E-state index < -0.39 is 17.7 Å². The van der Waals surface area contributed by atoms with Crippen molar-refractivity contribution in [3.8, 4) is 11.1 Å². The molecule has 0 radical (unpaired) electrons. The molecule has 0 saturated heterocycles. The fourth-order valence-electron chi connectivity index (χ4n) is 4.34. The van der Waals surface area contributed by atoms with E-state index in [0.717, 1.165) is 45.6 Å². The predicted octanol–water partition coefficient (Wildman–Crippen LogP) is 7.02. The first-order valence-electron chi connectivity index (χ1n) is 13.2. The third kappa shape index (κ3) is 8.55. The Bertz CT molecular complexity index is 1310. The summed E-state index contributed by atoms with van der Waals surface area (Å²) in [6, 6.07) is 12.0. The van der Waals surface area contributed by atoms with E-state index in [9.17, 15) is 14.7 Å². The highest BCUT2D eigenvalue weighted by molar-refractivity contribution is 7.98. The lowest BCUT2D eigenvalue weighted by atomic mass is 9.89. The number of ether oxygens (including phenoxy) is 1. The van der Waals surface area contributed by atoms with E-state index in [2.05, 4.69) is 55.3 Å². The van der Waals surface area contributed by atoms with Crippen molar-refractivity contribution < 1.29 is 19.4 Å². The summed E-state index contributed by atoms with van der Waals surface area (Å²) < 4.78 is 5.44. The Morgan fingerprint density at radius 1 is 1.08 bits per heavy atom. The van der Waals surface area contributed by atoms with Crippen LogP contribution in [-0.4, -0.2) is 39.3 Å². The van der Waals surface area contributed by atoms with Crippen LogP contribution in [0, 0.1) is 19.8 Å². The van der Waals surface area contributed by atoms with Crippen LogP contribution in [0.25, 0.3) is 11.1 Å². The van der Waals surface area contributed by atoms with Gasteiger partial charge in [-0.05, 0) is 87.8 Å². The number of aromatic carboxylic acids is 1. The number of pyridine rings is 2. The number of carbonyl (C=O) groups is 2. The van der Waals surface area contributed by atoms with Crippen molar-refractivity contribution in [3.05, 3.63) is 76.4 Å². The largest absolute Gasteiger partial charge is 0.476 e. The molecule has 0 unspecified atom stereocenters. The van der Waals surface area contributed by atoms with E-state index in [0.29, 0.717) is 29.5 Å². The Balaban J connectivity index is 2.08. The molecule has 2 aromatic heterocycles. The molecule has 208 valence electrons. The zero-order valence-corrected chi connectivity index (χ0v) is 24.7. The van der Waals surface area contributed by atoms with Crippen LogP contribution in [0.3, 0.4) is 0 Å². The van der Waals surface area contributed by atoms with Gasteiger partial charge in [-0.3, -0.25) is 4.98 Å². The Hall–Kier alpha value is -3.39. The molecule has 0 bridgehead atoms. The third-order valence-corrected chi connectivity index (χ3v) is 7.10. The fourth-order valence-corrected chi connectivity index (χ4v) is 5.44. The highest BCUT2D eigenvalue weighted by Crippen LogP contribution is 2.37. The molecular formula is C31H39N3O4S. The van der Waals surface area contributed by atoms with Crippen LogP contribution in [0.2, 0.25) is 0 Å². The van der Waals surface area contributed by atoms with Crippen LogP contribution in [0.4, 0.5) is 4.79 Å². The minimum Gasteiger partial charge on any atom is -0.476 e. The highest BCUT2D eigenvalue weighted by atomic mass is 32.2. The van der Waals surface area contributed by atoms with Gasteiger partial charge in [-0.1, -0.05) is 43.7 Å². The van der Waals surface area contributed by atoms with E-state index in [1.807, 2.05) is 27.7 Å². The van der Waals surface area contributed by atoms with Crippen LogP contribution in [0.15, 0.2) is 47.5 Å². The third-order valence-electron chi connectivity index (χ3n) is 6.02. The minimum absolute atomic E-state index is 0.0446. The second-order valence-corrected chi connectivity index (χ2v) is 12.1. The number of hydrogen-bond donors (Lipinski definition) is 2. The normalized spacial score (nSPS) is 11.5. The number of carboxylic acid groups (broad SMARTS) is 1. The summed E-state index contributed by atoms with van der Waals surface area (Å²) in [5.41, 5.74) is 6.88. The molecule has 0 aliphatic rings. The standard InChI is InChI=1S/C31H39N3O4S/c1-19(2)17-25-23(14-16-33-30(37)38-31(5,6)7)27(22-12-10-20(3)11-13-22)24(21(4)34-25)18-39-26-9-8-15-32-28(26)29(35)36/h8-13,15,19H,14,16-18H2,1-7H3,(H,33,37)(H,35,36). The SMILES string of the molecule is Cc1ccc(-c2c(CSc3cccnc3C(=O)O)c(C)nc(CC(C)C)c2CCNC(=O)OC(C)(C)C)cc1. The van der Waals surface area contributed by atoms with Crippen LogP contribution in [-0.2, 0) is 23.3 Å². The van der Waals surface area contributed by atoms with Gasteiger partial charge in [-0.15, -0.1) is 11.8 Å². The number of alkyl carbamates (subject to hydrolysis) is 1. The number of aromatic nitrogens is 2. The van der Waals surface area contributed by atoms with Gasteiger partial charge < -0.3 is 15.2 Å². The van der Waals surface area contributed by atoms with Gasteiger partial charge in [0.15, 0.2) is 5.69 Å². The molecule has 7 nitrogen and oxygen atoms in total. The summed E-state index contributed by atoms with van der Waals surface area (Å²) in [6.07, 6.45) is 2.44. The van der Waals surface area contributed by atoms with Gasteiger partial charge in [-0.25, -0.2) is 14.6 Å². The molecular weight excluding hydrogens is 510 g/mol.